The molecule has 0 aliphatic carbocycles. The third-order valence-corrected chi connectivity index (χ3v) is 4.70. The minimum atomic E-state index is -0.335. The second kappa shape index (κ2) is 6.76. The van der Waals surface area contributed by atoms with Crippen molar-refractivity contribution in [3.63, 3.8) is 0 Å². The molecule has 1 N–H and O–H groups in total. The summed E-state index contributed by atoms with van der Waals surface area (Å²) in [4.78, 5) is 42.7. The number of fused-ring (bicyclic) bond motifs is 1. The van der Waals surface area contributed by atoms with E-state index in [0.717, 1.165) is 10.7 Å². The van der Waals surface area contributed by atoms with E-state index in [0.29, 0.717) is 29.8 Å². The molecule has 0 fully saturated rings. The second-order valence-corrected chi connectivity index (χ2v) is 7.48. The van der Waals surface area contributed by atoms with E-state index in [1.165, 1.54) is 22.3 Å². The number of carbonyl (C=O) groups excluding carboxylic acids is 3. The first-order valence-electron chi connectivity index (χ1n) is 8.06. The maximum atomic E-state index is 12.5. The van der Waals surface area contributed by atoms with Crippen molar-refractivity contribution in [2.45, 2.75) is 27.3 Å². The van der Waals surface area contributed by atoms with Gasteiger partial charge in [0.2, 0.25) is 0 Å². The maximum Gasteiger partial charge on any atom is 0.261 e. The first kappa shape index (κ1) is 17.3. The third-order valence-electron chi connectivity index (χ3n) is 3.88. The average Bonchev–Trinajstić information content (AvgIpc) is 3.09. The fourth-order valence-electron chi connectivity index (χ4n) is 2.73. The Bertz CT molecular complexity index is 857. The zero-order valence-electron chi connectivity index (χ0n) is 14.3. The molecule has 0 spiro atoms. The Morgan fingerprint density at radius 2 is 1.96 bits per heavy atom. The minimum absolute atomic E-state index is 0.187. The lowest BCUT2D eigenvalue weighted by Gasteiger charge is -2.15. The summed E-state index contributed by atoms with van der Waals surface area (Å²) in [6.45, 7) is 6.50. The normalized spacial score (nSPS) is 13.5. The number of hydrogen-bond donors (Lipinski definition) is 1. The number of amides is 3. The molecule has 1 aliphatic rings. The molecule has 2 heterocycles. The number of rotatable bonds is 5. The molecule has 0 saturated heterocycles. The fourth-order valence-corrected chi connectivity index (χ4v) is 3.34. The van der Waals surface area contributed by atoms with Crippen molar-refractivity contribution in [3.05, 3.63) is 51.0 Å². The van der Waals surface area contributed by atoms with Crippen molar-refractivity contribution >= 4 is 29.1 Å². The van der Waals surface area contributed by atoms with Gasteiger partial charge in [0.1, 0.15) is 0 Å². The summed E-state index contributed by atoms with van der Waals surface area (Å²) in [6.07, 6.45) is 0. The molecule has 7 heteroatoms. The van der Waals surface area contributed by atoms with Crippen molar-refractivity contribution in [3.8, 4) is 0 Å². The molecule has 3 rings (SSSR count). The lowest BCUT2D eigenvalue weighted by Crippen LogP contribution is -2.33. The standard InChI is InChI=1S/C18H19N3O3S/c1-10(2)8-21-17(23)14-5-4-12(6-15(14)18(21)24)16(22)19-7-13-9-25-11(3)20-13/h4-6,9-10H,7-8H2,1-3H3,(H,19,22). The van der Waals surface area contributed by atoms with Crippen LogP contribution in [0.5, 0.6) is 0 Å². The van der Waals surface area contributed by atoms with Crippen LogP contribution in [0.1, 0.15) is 55.6 Å². The fraction of sp³-hybridized carbons (Fsp3) is 0.333. The van der Waals surface area contributed by atoms with E-state index in [2.05, 4.69) is 10.3 Å². The SMILES string of the molecule is Cc1nc(CNC(=O)c2ccc3c(c2)C(=O)N(CC(C)C)C3=O)cs1. The Morgan fingerprint density at radius 3 is 2.60 bits per heavy atom. The molecule has 25 heavy (non-hydrogen) atoms. The Balaban J connectivity index is 1.76. The second-order valence-electron chi connectivity index (χ2n) is 6.42. The molecule has 1 aromatic heterocycles. The first-order chi connectivity index (χ1) is 11.9. The smallest absolute Gasteiger partial charge is 0.261 e. The van der Waals surface area contributed by atoms with Crippen LogP contribution in [0, 0.1) is 12.8 Å². The van der Waals surface area contributed by atoms with E-state index in [1.54, 1.807) is 12.1 Å². The number of nitrogens with zero attached hydrogens (tertiary/aromatic N) is 2. The highest BCUT2D eigenvalue weighted by atomic mass is 32.1. The number of imide groups is 1. The van der Waals surface area contributed by atoms with Crippen molar-refractivity contribution in [1.82, 2.24) is 15.2 Å². The topological polar surface area (TPSA) is 79.4 Å². The molecule has 0 atom stereocenters. The zero-order valence-corrected chi connectivity index (χ0v) is 15.1. The van der Waals surface area contributed by atoms with Crippen LogP contribution in [0.15, 0.2) is 23.6 Å². The molecule has 1 aliphatic heterocycles. The van der Waals surface area contributed by atoms with Gasteiger partial charge in [-0.1, -0.05) is 13.8 Å². The summed E-state index contributed by atoms with van der Waals surface area (Å²) >= 11 is 1.52. The molecule has 130 valence electrons. The zero-order chi connectivity index (χ0) is 18.1. The number of carbonyl (C=O) groups is 3. The number of aromatic nitrogens is 1. The summed E-state index contributed by atoms with van der Waals surface area (Å²) in [7, 11) is 0. The van der Waals surface area contributed by atoms with Gasteiger partial charge in [-0.25, -0.2) is 4.98 Å². The van der Waals surface area contributed by atoms with Gasteiger partial charge in [-0.05, 0) is 31.0 Å². The summed E-state index contributed by atoms with van der Waals surface area (Å²) in [5, 5.41) is 5.62. The number of nitrogens with one attached hydrogen (secondary N) is 1. The van der Waals surface area contributed by atoms with Crippen LogP contribution in [-0.2, 0) is 6.54 Å². The van der Waals surface area contributed by atoms with E-state index in [-0.39, 0.29) is 23.6 Å². The van der Waals surface area contributed by atoms with Crippen molar-refractivity contribution in [2.24, 2.45) is 5.92 Å². The Hall–Kier alpha value is -2.54. The monoisotopic (exact) mass is 357 g/mol. The lowest BCUT2D eigenvalue weighted by atomic mass is 10.1. The average molecular weight is 357 g/mol. The van der Waals surface area contributed by atoms with Crippen LogP contribution < -0.4 is 5.32 Å². The van der Waals surface area contributed by atoms with Gasteiger partial charge in [-0.15, -0.1) is 11.3 Å². The van der Waals surface area contributed by atoms with Crippen LogP contribution >= 0.6 is 11.3 Å². The van der Waals surface area contributed by atoms with Gasteiger partial charge in [0.15, 0.2) is 0 Å². The predicted molar refractivity (Wildman–Crippen MR) is 94.7 cm³/mol. The largest absolute Gasteiger partial charge is 0.346 e. The molecular formula is C18H19N3O3S. The van der Waals surface area contributed by atoms with E-state index in [1.807, 2.05) is 26.2 Å². The summed E-state index contributed by atoms with van der Waals surface area (Å²) in [5.74, 6) is -0.736. The van der Waals surface area contributed by atoms with Crippen LogP contribution in [0.3, 0.4) is 0 Å². The van der Waals surface area contributed by atoms with E-state index >= 15 is 0 Å². The summed E-state index contributed by atoms with van der Waals surface area (Å²) in [5.41, 5.74) is 1.81. The van der Waals surface area contributed by atoms with Gasteiger partial charge in [0.05, 0.1) is 28.4 Å². The Kier molecular flexibility index (Phi) is 4.67. The van der Waals surface area contributed by atoms with Crippen LogP contribution in [0.25, 0.3) is 0 Å². The highest BCUT2D eigenvalue weighted by Crippen LogP contribution is 2.25. The highest BCUT2D eigenvalue weighted by Gasteiger charge is 2.36. The van der Waals surface area contributed by atoms with Crippen LogP contribution in [0.4, 0.5) is 0 Å². The molecule has 6 nitrogen and oxygen atoms in total. The maximum absolute atomic E-state index is 12.5. The van der Waals surface area contributed by atoms with Gasteiger partial charge in [0, 0.05) is 17.5 Å². The molecule has 0 bridgehead atoms. The van der Waals surface area contributed by atoms with Crippen molar-refractivity contribution in [2.75, 3.05) is 6.54 Å². The molecule has 2 aromatic rings. The molecular weight excluding hydrogens is 338 g/mol. The van der Waals surface area contributed by atoms with Crippen molar-refractivity contribution < 1.29 is 14.4 Å². The Labute approximate surface area is 149 Å². The quantitative estimate of drug-likeness (QED) is 0.834. The molecule has 0 radical (unpaired) electrons. The summed E-state index contributed by atoms with van der Waals surface area (Å²) in [6, 6.07) is 4.62. The van der Waals surface area contributed by atoms with Crippen LogP contribution in [-0.4, -0.2) is 34.2 Å². The van der Waals surface area contributed by atoms with Gasteiger partial charge in [-0.2, -0.15) is 0 Å². The van der Waals surface area contributed by atoms with E-state index in [4.69, 9.17) is 0 Å². The van der Waals surface area contributed by atoms with Crippen LogP contribution in [0.2, 0.25) is 0 Å². The van der Waals surface area contributed by atoms with Gasteiger partial charge >= 0.3 is 0 Å². The molecule has 0 saturated carbocycles. The van der Waals surface area contributed by atoms with Gasteiger partial charge < -0.3 is 5.32 Å². The number of thiazole rings is 1. The molecule has 0 unspecified atom stereocenters. The Morgan fingerprint density at radius 1 is 1.24 bits per heavy atom. The van der Waals surface area contributed by atoms with E-state index in [9.17, 15) is 14.4 Å². The third kappa shape index (κ3) is 3.46. The first-order valence-corrected chi connectivity index (χ1v) is 8.94. The molecule has 3 amide bonds. The predicted octanol–water partition coefficient (Wildman–Crippen LogP) is 2.63. The van der Waals surface area contributed by atoms with Gasteiger partial charge in [0.25, 0.3) is 17.7 Å². The summed E-state index contributed by atoms with van der Waals surface area (Å²) < 4.78 is 0. The minimum Gasteiger partial charge on any atom is -0.346 e. The number of aryl methyl sites for hydroxylation is 1. The molecule has 1 aromatic carbocycles. The highest BCUT2D eigenvalue weighted by molar-refractivity contribution is 7.09. The van der Waals surface area contributed by atoms with Crippen molar-refractivity contribution in [1.29, 1.82) is 0 Å². The van der Waals surface area contributed by atoms with Gasteiger partial charge in [-0.3, -0.25) is 19.3 Å². The lowest BCUT2D eigenvalue weighted by molar-refractivity contribution is 0.0636. The number of benzene rings is 1. The number of hydrogen-bond acceptors (Lipinski definition) is 5. The van der Waals surface area contributed by atoms with E-state index < -0.39 is 0 Å².